The summed E-state index contributed by atoms with van der Waals surface area (Å²) in [5, 5.41) is 12.3. The fourth-order valence-electron chi connectivity index (χ4n) is 3.82. The van der Waals surface area contributed by atoms with E-state index in [4.69, 9.17) is 16.3 Å². The van der Waals surface area contributed by atoms with Gasteiger partial charge in [0.25, 0.3) is 10.0 Å². The lowest BCUT2D eigenvalue weighted by atomic mass is 10.1. The smallest absolute Gasteiger partial charge is 0.419 e. The van der Waals surface area contributed by atoms with Crippen molar-refractivity contribution in [1.82, 2.24) is 5.32 Å². The number of sulfonamides is 1. The van der Waals surface area contributed by atoms with Crippen LogP contribution in [-0.4, -0.2) is 38.2 Å². The van der Waals surface area contributed by atoms with Gasteiger partial charge >= 0.3 is 12.1 Å². The van der Waals surface area contributed by atoms with E-state index in [-0.39, 0.29) is 25.4 Å². The molecule has 2 heterocycles. The molecule has 0 saturated carbocycles. The Labute approximate surface area is 213 Å². The molecule has 7 nitrogen and oxygen atoms in total. The van der Waals surface area contributed by atoms with E-state index in [1.807, 2.05) is 0 Å². The molecule has 0 unspecified atom stereocenters. The molecular weight excluding hydrogens is 541 g/mol. The van der Waals surface area contributed by atoms with Crippen LogP contribution in [0.1, 0.15) is 29.3 Å². The van der Waals surface area contributed by atoms with Gasteiger partial charge < -0.3 is 15.2 Å². The first-order chi connectivity index (χ1) is 16.8. The van der Waals surface area contributed by atoms with E-state index in [0.29, 0.717) is 25.1 Å². The SMILES string of the molecule is C[C@@]1(Oc2cc(NS(=O)(=O)c3sc(Cl)cc3-c3cccc(C(=O)O)c3)ccc2C(F)(F)F)CCNC1. The number of hydrogen-bond donors (Lipinski definition) is 3. The summed E-state index contributed by atoms with van der Waals surface area (Å²) in [5.41, 5.74) is -1.64. The van der Waals surface area contributed by atoms with Crippen molar-refractivity contribution in [2.75, 3.05) is 17.8 Å². The van der Waals surface area contributed by atoms with Crippen molar-refractivity contribution < 1.29 is 36.2 Å². The highest BCUT2D eigenvalue weighted by molar-refractivity contribution is 7.94. The monoisotopic (exact) mass is 560 g/mol. The molecule has 0 bridgehead atoms. The molecule has 1 atom stereocenters. The van der Waals surface area contributed by atoms with Gasteiger partial charge in [0.05, 0.1) is 21.2 Å². The maximum Gasteiger partial charge on any atom is 0.419 e. The Bertz CT molecular complexity index is 1420. The van der Waals surface area contributed by atoms with Gasteiger partial charge in [-0.3, -0.25) is 4.72 Å². The van der Waals surface area contributed by atoms with Crippen molar-refractivity contribution >= 4 is 44.6 Å². The molecule has 13 heteroatoms. The van der Waals surface area contributed by atoms with Crippen molar-refractivity contribution in [3.63, 3.8) is 0 Å². The van der Waals surface area contributed by atoms with Gasteiger partial charge in [-0.1, -0.05) is 23.7 Å². The standard InChI is InChI=1S/C23H20ClF3N2O5S2/c1-22(7-8-28-12-22)34-18-10-15(5-6-17(18)23(25,26)27)29-36(32,33)21-16(11-19(24)35-21)13-3-2-4-14(9-13)20(30)31/h2-6,9-11,28-29H,7-8,12H2,1H3,(H,30,31)/t22-/m1/s1. The Hall–Kier alpha value is -2.80. The minimum atomic E-state index is -4.71. The van der Waals surface area contributed by atoms with Crippen molar-refractivity contribution in [1.29, 1.82) is 0 Å². The van der Waals surface area contributed by atoms with Crippen molar-refractivity contribution in [2.24, 2.45) is 0 Å². The van der Waals surface area contributed by atoms with Gasteiger partial charge in [0.1, 0.15) is 15.6 Å². The molecule has 0 spiro atoms. The molecule has 192 valence electrons. The number of carbonyl (C=O) groups is 1. The summed E-state index contributed by atoms with van der Waals surface area (Å²) < 4.78 is 75.4. The first kappa shape index (κ1) is 26.3. The van der Waals surface area contributed by atoms with Crippen molar-refractivity contribution in [3.8, 4) is 16.9 Å². The Morgan fingerprint density at radius 2 is 1.97 bits per heavy atom. The predicted molar refractivity (Wildman–Crippen MR) is 130 cm³/mol. The van der Waals surface area contributed by atoms with Crippen LogP contribution in [0.5, 0.6) is 5.75 Å². The van der Waals surface area contributed by atoms with Crippen molar-refractivity contribution in [3.05, 3.63) is 64.0 Å². The average Bonchev–Trinajstić information content (AvgIpc) is 3.39. The number of hydrogen-bond acceptors (Lipinski definition) is 6. The van der Waals surface area contributed by atoms with Gasteiger partial charge in [-0.2, -0.15) is 13.2 Å². The third-order valence-electron chi connectivity index (χ3n) is 5.56. The third kappa shape index (κ3) is 5.61. The van der Waals surface area contributed by atoms with E-state index in [1.165, 1.54) is 30.3 Å². The van der Waals surface area contributed by atoms with Gasteiger partial charge in [-0.15, -0.1) is 11.3 Å². The van der Waals surface area contributed by atoms with Gasteiger partial charge in [0, 0.05) is 24.6 Å². The van der Waals surface area contributed by atoms with E-state index >= 15 is 0 Å². The molecule has 1 saturated heterocycles. The lowest BCUT2D eigenvalue weighted by molar-refractivity contribution is -0.139. The minimum Gasteiger partial charge on any atom is -0.485 e. The Morgan fingerprint density at radius 3 is 2.61 bits per heavy atom. The lowest BCUT2D eigenvalue weighted by Crippen LogP contribution is -2.35. The number of benzene rings is 2. The number of aromatic carboxylic acids is 1. The second-order valence-corrected chi connectivity index (χ2v) is 12.0. The molecule has 3 N–H and O–H groups in total. The van der Waals surface area contributed by atoms with Crippen LogP contribution < -0.4 is 14.8 Å². The van der Waals surface area contributed by atoms with Crippen LogP contribution in [0.25, 0.3) is 11.1 Å². The number of alkyl halides is 3. The summed E-state index contributed by atoms with van der Waals surface area (Å²) in [7, 11) is -4.32. The Morgan fingerprint density at radius 1 is 1.22 bits per heavy atom. The summed E-state index contributed by atoms with van der Waals surface area (Å²) in [4.78, 5) is 11.3. The maximum absolute atomic E-state index is 13.6. The van der Waals surface area contributed by atoms with E-state index in [9.17, 15) is 31.5 Å². The summed E-state index contributed by atoms with van der Waals surface area (Å²) in [6.07, 6.45) is -4.23. The van der Waals surface area contributed by atoms with Gasteiger partial charge in [0.2, 0.25) is 0 Å². The number of carboxylic acids is 1. The summed E-state index contributed by atoms with van der Waals surface area (Å²) in [6.45, 7) is 2.59. The van der Waals surface area contributed by atoms with Gasteiger partial charge in [-0.05, 0) is 49.4 Å². The number of nitrogens with one attached hydrogen (secondary N) is 2. The second-order valence-electron chi connectivity index (χ2n) is 8.43. The number of ether oxygens (including phenoxy) is 1. The first-order valence-electron chi connectivity index (χ1n) is 10.5. The largest absolute Gasteiger partial charge is 0.485 e. The molecule has 2 aromatic carbocycles. The zero-order chi connectivity index (χ0) is 26.3. The number of halogens is 4. The van der Waals surface area contributed by atoms with Crippen LogP contribution in [0.15, 0.2) is 52.7 Å². The number of anilines is 1. The quantitative estimate of drug-likeness (QED) is 0.341. The summed E-state index contributed by atoms with van der Waals surface area (Å²) >= 11 is 6.83. The second kappa shape index (κ2) is 9.58. The Balaban J connectivity index is 1.71. The highest BCUT2D eigenvalue weighted by atomic mass is 35.5. The molecule has 0 radical (unpaired) electrons. The van der Waals surface area contributed by atoms with Gasteiger partial charge in [-0.25, -0.2) is 13.2 Å². The molecule has 36 heavy (non-hydrogen) atoms. The van der Waals surface area contributed by atoms with E-state index in [2.05, 4.69) is 10.0 Å². The molecule has 1 aromatic heterocycles. The lowest BCUT2D eigenvalue weighted by Gasteiger charge is -2.27. The highest BCUT2D eigenvalue weighted by Crippen LogP contribution is 2.42. The average molecular weight is 561 g/mol. The fraction of sp³-hybridized carbons (Fsp3) is 0.261. The summed E-state index contributed by atoms with van der Waals surface area (Å²) in [5.74, 6) is -1.68. The van der Waals surface area contributed by atoms with Gasteiger partial charge in [0.15, 0.2) is 0 Å². The molecule has 0 amide bonds. The van der Waals surface area contributed by atoms with E-state index < -0.39 is 39.1 Å². The third-order valence-corrected chi connectivity index (χ3v) is 8.74. The van der Waals surface area contributed by atoms with Crippen LogP contribution in [0.2, 0.25) is 4.34 Å². The van der Waals surface area contributed by atoms with Crippen LogP contribution >= 0.6 is 22.9 Å². The molecule has 3 aromatic rings. The van der Waals surface area contributed by atoms with Crippen LogP contribution in [0.4, 0.5) is 18.9 Å². The maximum atomic E-state index is 13.6. The molecule has 1 aliphatic rings. The minimum absolute atomic E-state index is 0.0504. The zero-order valence-corrected chi connectivity index (χ0v) is 21.0. The van der Waals surface area contributed by atoms with Crippen molar-refractivity contribution in [2.45, 2.75) is 29.3 Å². The summed E-state index contributed by atoms with van der Waals surface area (Å²) in [6, 6.07) is 9.81. The van der Waals surface area contributed by atoms with E-state index in [1.54, 1.807) is 6.92 Å². The number of carboxylic acid groups (broad SMARTS) is 1. The fourth-order valence-corrected chi connectivity index (χ4v) is 6.77. The highest BCUT2D eigenvalue weighted by Gasteiger charge is 2.38. The van der Waals surface area contributed by atoms with Crippen LogP contribution in [-0.2, 0) is 16.2 Å². The number of rotatable bonds is 7. The van der Waals surface area contributed by atoms with Crippen LogP contribution in [0.3, 0.4) is 0 Å². The molecule has 1 fully saturated rings. The van der Waals surface area contributed by atoms with Crippen LogP contribution in [0, 0.1) is 0 Å². The predicted octanol–water partition coefficient (Wildman–Crippen LogP) is 5.72. The molecule has 4 rings (SSSR count). The molecule has 0 aliphatic carbocycles. The Kier molecular flexibility index (Phi) is 6.99. The molecule has 1 aliphatic heterocycles. The zero-order valence-electron chi connectivity index (χ0n) is 18.6. The van der Waals surface area contributed by atoms with E-state index in [0.717, 1.165) is 29.5 Å². The topological polar surface area (TPSA) is 105 Å². The molecular formula is C23H20ClF3N2O5S2. The normalized spacial score (nSPS) is 18.2. The number of thiophene rings is 1. The first-order valence-corrected chi connectivity index (χ1v) is 13.2.